The van der Waals surface area contributed by atoms with Crippen LogP contribution < -0.4 is 5.32 Å². The van der Waals surface area contributed by atoms with Crippen LogP contribution in [0.4, 0.5) is 20.2 Å². The SMILES string of the molecule is CC(C)N(C(=O)COC(=O)c1ccccc1Nc1ccc(SC(F)F)cc1)C(C)C. The van der Waals surface area contributed by atoms with E-state index in [-0.39, 0.29) is 30.2 Å². The third-order valence-electron chi connectivity index (χ3n) is 4.23. The maximum atomic E-state index is 12.6. The number of hydrogen-bond donors (Lipinski definition) is 1. The molecule has 162 valence electrons. The fourth-order valence-electron chi connectivity index (χ4n) is 3.10. The molecule has 0 saturated heterocycles. The molecular weight excluding hydrogens is 410 g/mol. The zero-order valence-electron chi connectivity index (χ0n) is 17.4. The summed E-state index contributed by atoms with van der Waals surface area (Å²) in [6.45, 7) is 7.28. The number of ether oxygens (including phenoxy) is 1. The van der Waals surface area contributed by atoms with Gasteiger partial charge in [-0.15, -0.1) is 0 Å². The van der Waals surface area contributed by atoms with Crippen LogP contribution in [-0.2, 0) is 9.53 Å². The van der Waals surface area contributed by atoms with E-state index in [0.29, 0.717) is 28.0 Å². The molecule has 0 spiro atoms. The molecule has 2 aromatic carbocycles. The Morgan fingerprint density at radius 1 is 1.00 bits per heavy atom. The second kappa shape index (κ2) is 11.0. The van der Waals surface area contributed by atoms with E-state index in [1.54, 1.807) is 53.4 Å². The van der Waals surface area contributed by atoms with E-state index >= 15 is 0 Å². The molecular formula is C22H26F2N2O3S. The first-order valence-corrected chi connectivity index (χ1v) is 10.5. The summed E-state index contributed by atoms with van der Waals surface area (Å²) in [7, 11) is 0. The summed E-state index contributed by atoms with van der Waals surface area (Å²) >= 11 is 0.466. The number of hydrogen-bond acceptors (Lipinski definition) is 5. The molecule has 2 aromatic rings. The zero-order valence-corrected chi connectivity index (χ0v) is 18.2. The third kappa shape index (κ3) is 6.73. The summed E-state index contributed by atoms with van der Waals surface area (Å²) in [6.07, 6.45) is 0. The van der Waals surface area contributed by atoms with E-state index in [1.165, 1.54) is 0 Å². The maximum Gasteiger partial charge on any atom is 0.340 e. The maximum absolute atomic E-state index is 12.6. The standard InChI is InChI=1S/C22H26F2N2O3S/c1-14(2)26(15(3)4)20(27)13-29-21(28)18-7-5-6-8-19(18)25-16-9-11-17(12-10-16)30-22(23)24/h5-12,14-15,22,25H,13H2,1-4H3. The Bertz CT molecular complexity index is 850. The van der Waals surface area contributed by atoms with Crippen LogP contribution in [0.5, 0.6) is 0 Å². The van der Waals surface area contributed by atoms with Crippen LogP contribution in [0.25, 0.3) is 0 Å². The number of carbonyl (C=O) groups is 2. The molecule has 0 aliphatic carbocycles. The van der Waals surface area contributed by atoms with Crippen LogP contribution in [0.1, 0.15) is 38.1 Å². The predicted octanol–water partition coefficient (Wildman–Crippen LogP) is 5.55. The van der Waals surface area contributed by atoms with Crippen molar-refractivity contribution in [2.24, 2.45) is 0 Å². The van der Waals surface area contributed by atoms with E-state index in [1.807, 2.05) is 27.7 Å². The summed E-state index contributed by atoms with van der Waals surface area (Å²) in [4.78, 5) is 27.1. The number of esters is 1. The quantitative estimate of drug-likeness (QED) is 0.413. The first-order chi connectivity index (χ1) is 14.2. The van der Waals surface area contributed by atoms with Crippen molar-refractivity contribution >= 4 is 35.0 Å². The number of thioether (sulfide) groups is 1. The van der Waals surface area contributed by atoms with Crippen molar-refractivity contribution in [1.29, 1.82) is 0 Å². The number of carbonyl (C=O) groups excluding carboxylic acids is 2. The van der Waals surface area contributed by atoms with Gasteiger partial charge in [-0.2, -0.15) is 8.78 Å². The first-order valence-electron chi connectivity index (χ1n) is 9.58. The molecule has 2 rings (SSSR count). The Balaban J connectivity index is 2.07. The van der Waals surface area contributed by atoms with Crippen molar-refractivity contribution in [3.8, 4) is 0 Å². The van der Waals surface area contributed by atoms with Crippen molar-refractivity contribution in [3.63, 3.8) is 0 Å². The van der Waals surface area contributed by atoms with Crippen LogP contribution in [-0.4, -0.2) is 41.2 Å². The van der Waals surface area contributed by atoms with E-state index in [2.05, 4.69) is 5.32 Å². The average molecular weight is 437 g/mol. The van der Waals surface area contributed by atoms with E-state index in [4.69, 9.17) is 4.74 Å². The molecule has 0 atom stereocenters. The summed E-state index contributed by atoms with van der Waals surface area (Å²) in [5.74, 6) is -3.36. The molecule has 0 heterocycles. The molecule has 0 bridgehead atoms. The molecule has 0 fully saturated rings. The van der Waals surface area contributed by atoms with Crippen LogP contribution in [0, 0.1) is 0 Å². The molecule has 0 aliphatic rings. The Kier molecular flexibility index (Phi) is 8.65. The largest absolute Gasteiger partial charge is 0.452 e. The highest BCUT2D eigenvalue weighted by Crippen LogP contribution is 2.28. The summed E-state index contributed by atoms with van der Waals surface area (Å²) in [5.41, 5.74) is 1.40. The molecule has 0 aliphatic heterocycles. The number of amides is 1. The minimum atomic E-state index is -2.48. The van der Waals surface area contributed by atoms with Gasteiger partial charge in [-0.05, 0) is 64.1 Å². The molecule has 1 amide bonds. The second-order valence-electron chi connectivity index (χ2n) is 7.14. The molecule has 0 saturated carbocycles. The topological polar surface area (TPSA) is 58.6 Å². The van der Waals surface area contributed by atoms with Gasteiger partial charge in [0.1, 0.15) is 0 Å². The smallest absolute Gasteiger partial charge is 0.340 e. The van der Waals surface area contributed by atoms with Gasteiger partial charge in [0.05, 0.1) is 11.3 Å². The number of nitrogens with zero attached hydrogens (tertiary/aromatic N) is 1. The molecule has 8 heteroatoms. The summed E-state index contributed by atoms with van der Waals surface area (Å²) < 4.78 is 30.1. The third-order valence-corrected chi connectivity index (χ3v) is 4.96. The van der Waals surface area contributed by atoms with Gasteiger partial charge in [0, 0.05) is 22.7 Å². The number of anilines is 2. The van der Waals surface area contributed by atoms with Crippen LogP contribution >= 0.6 is 11.8 Å². The van der Waals surface area contributed by atoms with Gasteiger partial charge in [-0.3, -0.25) is 4.79 Å². The van der Waals surface area contributed by atoms with Crippen LogP contribution in [0.15, 0.2) is 53.4 Å². The number of rotatable bonds is 9. The highest BCUT2D eigenvalue weighted by molar-refractivity contribution is 7.99. The number of para-hydroxylation sites is 1. The number of benzene rings is 2. The van der Waals surface area contributed by atoms with E-state index in [0.717, 1.165) is 0 Å². The van der Waals surface area contributed by atoms with Crippen LogP contribution in [0.3, 0.4) is 0 Å². The van der Waals surface area contributed by atoms with Gasteiger partial charge in [-0.25, -0.2) is 4.79 Å². The molecule has 30 heavy (non-hydrogen) atoms. The normalized spacial score (nSPS) is 11.1. The predicted molar refractivity (Wildman–Crippen MR) is 115 cm³/mol. The Morgan fingerprint density at radius 3 is 2.17 bits per heavy atom. The fraction of sp³-hybridized carbons (Fsp3) is 0.364. The molecule has 0 aromatic heterocycles. The lowest BCUT2D eigenvalue weighted by atomic mass is 10.1. The second-order valence-corrected chi connectivity index (χ2v) is 8.20. The lowest BCUT2D eigenvalue weighted by Gasteiger charge is -2.30. The number of nitrogens with one attached hydrogen (secondary N) is 1. The summed E-state index contributed by atoms with van der Waals surface area (Å²) in [6, 6.07) is 13.2. The highest BCUT2D eigenvalue weighted by Gasteiger charge is 2.22. The lowest BCUT2D eigenvalue weighted by Crippen LogP contribution is -2.44. The number of halogens is 2. The Labute approximate surface area is 179 Å². The summed E-state index contributed by atoms with van der Waals surface area (Å²) in [5, 5.41) is 3.09. The minimum absolute atomic E-state index is 0.00337. The molecule has 0 radical (unpaired) electrons. The average Bonchev–Trinajstić information content (AvgIpc) is 2.67. The number of alkyl halides is 2. The zero-order chi connectivity index (χ0) is 22.3. The Hall–Kier alpha value is -2.61. The monoisotopic (exact) mass is 436 g/mol. The fourth-order valence-corrected chi connectivity index (χ4v) is 3.60. The Morgan fingerprint density at radius 2 is 1.60 bits per heavy atom. The van der Waals surface area contributed by atoms with E-state index < -0.39 is 11.7 Å². The first kappa shape index (κ1) is 23.7. The lowest BCUT2D eigenvalue weighted by molar-refractivity contribution is -0.138. The van der Waals surface area contributed by atoms with Crippen molar-refractivity contribution in [1.82, 2.24) is 4.90 Å². The van der Waals surface area contributed by atoms with Gasteiger partial charge in [0.2, 0.25) is 0 Å². The van der Waals surface area contributed by atoms with Gasteiger partial charge < -0.3 is 15.0 Å². The van der Waals surface area contributed by atoms with Gasteiger partial charge in [0.25, 0.3) is 11.7 Å². The van der Waals surface area contributed by atoms with Gasteiger partial charge >= 0.3 is 5.97 Å². The molecule has 5 nitrogen and oxygen atoms in total. The van der Waals surface area contributed by atoms with E-state index in [9.17, 15) is 18.4 Å². The van der Waals surface area contributed by atoms with Crippen molar-refractivity contribution in [2.75, 3.05) is 11.9 Å². The highest BCUT2D eigenvalue weighted by atomic mass is 32.2. The van der Waals surface area contributed by atoms with Gasteiger partial charge in [-0.1, -0.05) is 23.9 Å². The van der Waals surface area contributed by atoms with Gasteiger partial charge in [0.15, 0.2) is 6.61 Å². The molecule has 1 N–H and O–H groups in total. The molecule has 0 unspecified atom stereocenters. The van der Waals surface area contributed by atoms with Crippen molar-refractivity contribution < 1.29 is 23.1 Å². The minimum Gasteiger partial charge on any atom is -0.452 e. The van der Waals surface area contributed by atoms with Crippen LogP contribution in [0.2, 0.25) is 0 Å². The van der Waals surface area contributed by atoms with Crippen molar-refractivity contribution in [3.05, 3.63) is 54.1 Å². The van der Waals surface area contributed by atoms with Crippen molar-refractivity contribution in [2.45, 2.75) is 50.4 Å².